The topological polar surface area (TPSA) is 9.23 Å². The zero-order chi connectivity index (χ0) is 12.1. The number of hydrogen-bond acceptors (Lipinski definition) is 1. The van der Waals surface area contributed by atoms with E-state index < -0.39 is 0 Å². The van der Waals surface area contributed by atoms with E-state index in [-0.39, 0.29) is 0 Å². The second-order valence-electron chi connectivity index (χ2n) is 3.80. The number of ether oxygens (including phenoxy) is 1. The molecule has 0 heterocycles. The van der Waals surface area contributed by atoms with E-state index >= 15 is 0 Å². The van der Waals surface area contributed by atoms with Gasteiger partial charge in [-0.15, -0.1) is 0 Å². The van der Waals surface area contributed by atoms with E-state index in [2.05, 4.69) is 11.8 Å². The van der Waals surface area contributed by atoms with Crippen molar-refractivity contribution in [1.82, 2.24) is 0 Å². The molecule has 0 aliphatic heterocycles. The fraction of sp³-hybridized carbons (Fsp3) is 0.125. The lowest BCUT2D eigenvalue weighted by molar-refractivity contribution is 0.411. The Kier molecular flexibility index (Phi) is 3.47. The van der Waals surface area contributed by atoms with Crippen molar-refractivity contribution in [2.75, 3.05) is 7.11 Å². The van der Waals surface area contributed by atoms with Crippen LogP contribution in [0, 0.1) is 18.8 Å². The molecule has 0 aliphatic rings. The predicted molar refractivity (Wildman–Crippen MR) is 70.2 cm³/mol. The molecule has 0 N–H and O–H groups in total. The second-order valence-corrected chi connectivity index (χ2v) is 3.80. The van der Waals surface area contributed by atoms with Crippen molar-refractivity contribution in [3.63, 3.8) is 0 Å². The van der Waals surface area contributed by atoms with Crippen molar-refractivity contribution >= 4 is 0 Å². The first kappa shape index (κ1) is 11.3. The molecule has 84 valence electrons. The minimum Gasteiger partial charge on any atom is -0.496 e. The maximum Gasteiger partial charge on any atom is 0.123 e. The van der Waals surface area contributed by atoms with Crippen LogP contribution >= 0.6 is 0 Å². The summed E-state index contributed by atoms with van der Waals surface area (Å²) in [5.74, 6) is 7.14. The molecule has 2 aromatic carbocycles. The Morgan fingerprint density at radius 1 is 0.882 bits per heavy atom. The van der Waals surface area contributed by atoms with Gasteiger partial charge in [-0.2, -0.15) is 0 Å². The van der Waals surface area contributed by atoms with Gasteiger partial charge in [-0.1, -0.05) is 36.1 Å². The molecule has 0 bridgehead atoms. The zero-order valence-corrected chi connectivity index (χ0v) is 10.0. The Morgan fingerprint density at radius 2 is 1.59 bits per heavy atom. The third-order valence-electron chi connectivity index (χ3n) is 2.53. The molecular weight excluding hydrogens is 208 g/mol. The lowest BCUT2D eigenvalue weighted by Gasteiger charge is -2.03. The molecule has 0 aliphatic carbocycles. The van der Waals surface area contributed by atoms with Crippen molar-refractivity contribution < 1.29 is 4.74 Å². The van der Waals surface area contributed by atoms with Crippen LogP contribution in [0.3, 0.4) is 0 Å². The maximum atomic E-state index is 5.27. The van der Waals surface area contributed by atoms with Crippen LogP contribution in [-0.2, 0) is 0 Å². The van der Waals surface area contributed by atoms with Gasteiger partial charge in [0, 0.05) is 11.1 Å². The first-order valence-electron chi connectivity index (χ1n) is 5.51. The lowest BCUT2D eigenvalue weighted by Crippen LogP contribution is -1.87. The maximum absolute atomic E-state index is 5.27. The summed E-state index contributed by atoms with van der Waals surface area (Å²) in [6, 6.07) is 15.9. The van der Waals surface area contributed by atoms with Gasteiger partial charge in [0.15, 0.2) is 0 Å². The molecule has 1 nitrogen and oxygen atoms in total. The molecule has 0 radical (unpaired) electrons. The van der Waals surface area contributed by atoms with Crippen LogP contribution in [0.2, 0.25) is 0 Å². The van der Waals surface area contributed by atoms with Gasteiger partial charge in [0.25, 0.3) is 0 Å². The standard InChI is InChI=1S/C16H14O/c1-13-8-9-15(12-16(13)17-2)11-10-14-6-4-3-5-7-14/h3-9,12H,1-2H3. The molecule has 0 saturated carbocycles. The van der Waals surface area contributed by atoms with Gasteiger partial charge in [0.05, 0.1) is 7.11 Å². The van der Waals surface area contributed by atoms with Crippen LogP contribution in [0.25, 0.3) is 0 Å². The van der Waals surface area contributed by atoms with Crippen molar-refractivity contribution in [2.45, 2.75) is 6.92 Å². The van der Waals surface area contributed by atoms with E-state index in [1.165, 1.54) is 0 Å². The Bertz CT molecular complexity index is 559. The average Bonchev–Trinajstić information content (AvgIpc) is 2.39. The first-order valence-corrected chi connectivity index (χ1v) is 5.51. The number of methoxy groups -OCH3 is 1. The molecule has 0 saturated heterocycles. The van der Waals surface area contributed by atoms with Crippen molar-refractivity contribution in [2.24, 2.45) is 0 Å². The third-order valence-corrected chi connectivity index (χ3v) is 2.53. The molecule has 0 spiro atoms. The van der Waals surface area contributed by atoms with Crippen LogP contribution in [0.1, 0.15) is 16.7 Å². The second kappa shape index (κ2) is 5.23. The summed E-state index contributed by atoms with van der Waals surface area (Å²) in [5.41, 5.74) is 3.11. The first-order chi connectivity index (χ1) is 8.29. The van der Waals surface area contributed by atoms with Gasteiger partial charge in [-0.25, -0.2) is 0 Å². The Balaban J connectivity index is 2.28. The van der Waals surface area contributed by atoms with Crippen molar-refractivity contribution in [1.29, 1.82) is 0 Å². The van der Waals surface area contributed by atoms with Gasteiger partial charge in [0.2, 0.25) is 0 Å². The SMILES string of the molecule is COc1cc(C#Cc2ccccc2)ccc1C. The summed E-state index contributed by atoms with van der Waals surface area (Å²) >= 11 is 0. The van der Waals surface area contributed by atoms with Gasteiger partial charge < -0.3 is 4.74 Å². The summed E-state index contributed by atoms with van der Waals surface area (Å²) in [6.45, 7) is 2.02. The van der Waals surface area contributed by atoms with Gasteiger partial charge in [0.1, 0.15) is 5.75 Å². The minimum absolute atomic E-state index is 0.880. The van der Waals surface area contributed by atoms with Gasteiger partial charge >= 0.3 is 0 Å². The normalized spacial score (nSPS) is 9.29. The highest BCUT2D eigenvalue weighted by Gasteiger charge is 1.97. The Hall–Kier alpha value is -2.20. The molecular formula is C16H14O. The molecule has 0 aromatic heterocycles. The molecule has 0 unspecified atom stereocenters. The summed E-state index contributed by atoms with van der Waals surface area (Å²) < 4.78 is 5.27. The molecule has 0 fully saturated rings. The molecule has 2 aromatic rings. The van der Waals surface area contributed by atoms with Crippen molar-refractivity contribution in [3.8, 4) is 17.6 Å². The van der Waals surface area contributed by atoms with Crippen LogP contribution in [0.5, 0.6) is 5.75 Å². The average molecular weight is 222 g/mol. The number of hydrogen-bond donors (Lipinski definition) is 0. The smallest absolute Gasteiger partial charge is 0.123 e. The van der Waals surface area contributed by atoms with E-state index in [9.17, 15) is 0 Å². The largest absolute Gasteiger partial charge is 0.496 e. The highest BCUT2D eigenvalue weighted by Crippen LogP contribution is 2.18. The molecule has 17 heavy (non-hydrogen) atoms. The monoisotopic (exact) mass is 222 g/mol. The van der Waals surface area contributed by atoms with Crippen LogP contribution in [0.4, 0.5) is 0 Å². The quantitative estimate of drug-likeness (QED) is 0.672. The fourth-order valence-electron chi connectivity index (χ4n) is 1.56. The number of benzene rings is 2. The van der Waals surface area contributed by atoms with Crippen LogP contribution in [-0.4, -0.2) is 7.11 Å². The lowest BCUT2D eigenvalue weighted by atomic mass is 10.1. The summed E-state index contributed by atoms with van der Waals surface area (Å²) in [6.07, 6.45) is 0. The summed E-state index contributed by atoms with van der Waals surface area (Å²) in [4.78, 5) is 0. The summed E-state index contributed by atoms with van der Waals surface area (Å²) in [7, 11) is 1.68. The van der Waals surface area contributed by atoms with Crippen LogP contribution in [0.15, 0.2) is 48.5 Å². The highest BCUT2D eigenvalue weighted by molar-refractivity contribution is 5.47. The van der Waals surface area contributed by atoms with E-state index in [0.29, 0.717) is 0 Å². The zero-order valence-electron chi connectivity index (χ0n) is 10.0. The van der Waals surface area contributed by atoms with E-state index in [0.717, 1.165) is 22.4 Å². The minimum atomic E-state index is 0.880. The predicted octanol–water partition coefficient (Wildman–Crippen LogP) is 3.40. The van der Waals surface area contributed by atoms with Gasteiger partial charge in [-0.05, 0) is 36.8 Å². The van der Waals surface area contributed by atoms with Gasteiger partial charge in [-0.3, -0.25) is 0 Å². The molecule has 2 rings (SSSR count). The molecule has 1 heteroatoms. The number of rotatable bonds is 1. The van der Waals surface area contributed by atoms with Crippen LogP contribution < -0.4 is 4.74 Å². The third kappa shape index (κ3) is 2.89. The molecule has 0 atom stereocenters. The number of aryl methyl sites for hydroxylation is 1. The van der Waals surface area contributed by atoms with E-state index in [1.54, 1.807) is 7.11 Å². The van der Waals surface area contributed by atoms with Crippen molar-refractivity contribution in [3.05, 3.63) is 65.2 Å². The Morgan fingerprint density at radius 3 is 2.29 bits per heavy atom. The van der Waals surface area contributed by atoms with E-state index in [1.807, 2.05) is 55.5 Å². The van der Waals surface area contributed by atoms with E-state index in [4.69, 9.17) is 4.74 Å². The molecule has 0 amide bonds. The Labute approximate surface area is 102 Å². The summed E-state index contributed by atoms with van der Waals surface area (Å²) in [5, 5.41) is 0. The highest BCUT2D eigenvalue weighted by atomic mass is 16.5. The fourth-order valence-corrected chi connectivity index (χ4v) is 1.56.